The van der Waals surface area contributed by atoms with Gasteiger partial charge < -0.3 is 12.9 Å². The van der Waals surface area contributed by atoms with E-state index in [-0.39, 0.29) is 0 Å². The van der Waals surface area contributed by atoms with Gasteiger partial charge in [-0.15, -0.1) is 5.46 Å². The van der Waals surface area contributed by atoms with Gasteiger partial charge >= 0.3 is 6.98 Å². The first kappa shape index (κ1) is 11.2. The first-order valence-electron chi connectivity index (χ1n) is 4.75. The second-order valence-corrected chi connectivity index (χ2v) is 3.55. The summed E-state index contributed by atoms with van der Waals surface area (Å²) < 4.78 is 36.8. The Hall–Kier alpha value is -0.925. The Labute approximate surface area is 82.2 Å². The summed E-state index contributed by atoms with van der Waals surface area (Å²) in [6.07, 6.45) is 0.941. The van der Waals surface area contributed by atoms with Gasteiger partial charge in [0.25, 0.3) is 0 Å². The van der Waals surface area contributed by atoms with Crippen LogP contribution in [0.25, 0.3) is 0 Å². The van der Waals surface area contributed by atoms with E-state index in [4.69, 9.17) is 0 Å². The van der Waals surface area contributed by atoms with E-state index in [1.54, 1.807) is 12.1 Å². The van der Waals surface area contributed by atoms with E-state index in [9.17, 15) is 12.9 Å². The van der Waals surface area contributed by atoms with Gasteiger partial charge in [-0.3, -0.25) is 0 Å². The Morgan fingerprint density at radius 3 is 2.00 bits per heavy atom. The second kappa shape index (κ2) is 4.07. The average Bonchev–Trinajstić information content (AvgIpc) is 2.15. The van der Waals surface area contributed by atoms with E-state index >= 15 is 0 Å². The van der Waals surface area contributed by atoms with Gasteiger partial charge in [0.1, 0.15) is 0 Å². The summed E-state index contributed by atoms with van der Waals surface area (Å²) in [4.78, 5) is 0. The van der Waals surface area contributed by atoms with E-state index in [1.165, 1.54) is 12.1 Å². The standard InChI is InChI=1S/C10H13BF3/c1-3-8(2)9-4-6-10(7-5-9)11(12,13)14/h4-8H,3H2,1-2H3/q-1. The molecule has 1 atom stereocenters. The molecule has 0 fully saturated rings. The van der Waals surface area contributed by atoms with Crippen LogP contribution in [0.2, 0.25) is 0 Å². The third-order valence-electron chi connectivity index (χ3n) is 2.50. The monoisotopic (exact) mass is 201 g/mol. The lowest BCUT2D eigenvalue weighted by molar-refractivity contribution is 0.501. The maximum atomic E-state index is 12.3. The molecule has 78 valence electrons. The van der Waals surface area contributed by atoms with Gasteiger partial charge in [-0.2, -0.15) is 0 Å². The van der Waals surface area contributed by atoms with E-state index in [1.807, 2.05) is 13.8 Å². The summed E-state index contributed by atoms with van der Waals surface area (Å²) in [5.41, 5.74) is 0.452. The number of hydrogen-bond donors (Lipinski definition) is 0. The molecule has 0 bridgehead atoms. The van der Waals surface area contributed by atoms with Crippen molar-refractivity contribution < 1.29 is 12.9 Å². The fourth-order valence-corrected chi connectivity index (χ4v) is 1.28. The molecule has 0 amide bonds. The molecule has 1 rings (SSSR count). The SMILES string of the molecule is CCC(C)c1ccc([B-](F)(F)F)cc1. The third kappa shape index (κ3) is 2.53. The summed E-state index contributed by atoms with van der Waals surface area (Å²) in [5.74, 6) is 0.324. The first-order chi connectivity index (χ1) is 6.45. The van der Waals surface area contributed by atoms with Crippen LogP contribution < -0.4 is 5.46 Å². The molecule has 4 heteroatoms. The maximum absolute atomic E-state index is 12.3. The summed E-state index contributed by atoms with van der Waals surface area (Å²) in [5, 5.41) is 0. The minimum absolute atomic E-state index is 0.324. The highest BCUT2D eigenvalue weighted by Crippen LogP contribution is 2.18. The maximum Gasteiger partial charge on any atom is 0.509 e. The zero-order chi connectivity index (χ0) is 10.8. The lowest BCUT2D eigenvalue weighted by Crippen LogP contribution is -2.33. The predicted octanol–water partition coefficient (Wildman–Crippen LogP) is 3.25. The van der Waals surface area contributed by atoms with Crippen LogP contribution in [0.5, 0.6) is 0 Å². The first-order valence-corrected chi connectivity index (χ1v) is 4.75. The van der Waals surface area contributed by atoms with Gasteiger partial charge in [-0.05, 0) is 17.9 Å². The van der Waals surface area contributed by atoms with Crippen molar-refractivity contribution in [3.63, 3.8) is 0 Å². The van der Waals surface area contributed by atoms with Crippen molar-refractivity contribution in [1.29, 1.82) is 0 Å². The molecule has 0 aliphatic rings. The minimum atomic E-state index is -4.85. The van der Waals surface area contributed by atoms with Crippen molar-refractivity contribution in [2.75, 3.05) is 0 Å². The lowest BCUT2D eigenvalue weighted by atomic mass is 9.79. The number of halogens is 3. The summed E-state index contributed by atoms with van der Waals surface area (Å²) in [6.45, 7) is -0.818. The molecule has 1 aromatic carbocycles. The molecular weight excluding hydrogens is 188 g/mol. The van der Waals surface area contributed by atoms with Crippen molar-refractivity contribution >= 4 is 12.4 Å². The molecule has 0 spiro atoms. The van der Waals surface area contributed by atoms with E-state index < -0.39 is 12.4 Å². The van der Waals surface area contributed by atoms with Gasteiger partial charge in [0.05, 0.1) is 0 Å². The Bertz CT molecular complexity index is 289. The molecule has 1 aromatic rings. The Kier molecular flexibility index (Phi) is 3.24. The van der Waals surface area contributed by atoms with E-state index in [0.29, 0.717) is 5.92 Å². The zero-order valence-electron chi connectivity index (χ0n) is 8.31. The second-order valence-electron chi connectivity index (χ2n) is 3.55. The highest BCUT2D eigenvalue weighted by Gasteiger charge is 2.24. The zero-order valence-corrected chi connectivity index (χ0v) is 8.31. The van der Waals surface area contributed by atoms with Gasteiger partial charge in [-0.25, -0.2) is 0 Å². The Balaban J connectivity index is 2.89. The summed E-state index contributed by atoms with van der Waals surface area (Å²) >= 11 is 0. The van der Waals surface area contributed by atoms with Gasteiger partial charge in [0, 0.05) is 0 Å². The molecule has 0 aromatic heterocycles. The van der Waals surface area contributed by atoms with Crippen LogP contribution in [0.3, 0.4) is 0 Å². The molecule has 0 N–H and O–H groups in total. The fraction of sp³-hybridized carbons (Fsp3) is 0.400. The van der Waals surface area contributed by atoms with E-state index in [2.05, 4.69) is 0 Å². The highest BCUT2D eigenvalue weighted by molar-refractivity contribution is 6.73. The van der Waals surface area contributed by atoms with Gasteiger partial charge in [-0.1, -0.05) is 38.1 Å². The highest BCUT2D eigenvalue weighted by atomic mass is 19.4. The predicted molar refractivity (Wildman–Crippen MR) is 53.9 cm³/mol. The fourth-order valence-electron chi connectivity index (χ4n) is 1.28. The van der Waals surface area contributed by atoms with Crippen molar-refractivity contribution in [3.8, 4) is 0 Å². The van der Waals surface area contributed by atoms with Crippen molar-refractivity contribution in [3.05, 3.63) is 29.8 Å². The molecule has 0 saturated carbocycles. The summed E-state index contributed by atoms with van der Waals surface area (Å²) in [6, 6.07) is 5.47. The molecule has 0 nitrogen and oxygen atoms in total. The third-order valence-corrected chi connectivity index (χ3v) is 2.50. The molecular formula is C10H13BF3-. The molecule has 0 aliphatic carbocycles. The van der Waals surface area contributed by atoms with Crippen molar-refractivity contribution in [1.82, 2.24) is 0 Å². The quantitative estimate of drug-likeness (QED) is 0.658. The number of benzene rings is 1. The number of hydrogen-bond acceptors (Lipinski definition) is 0. The van der Waals surface area contributed by atoms with Crippen LogP contribution in [0.15, 0.2) is 24.3 Å². The minimum Gasteiger partial charge on any atom is -0.445 e. The average molecular weight is 201 g/mol. The smallest absolute Gasteiger partial charge is 0.445 e. The number of rotatable bonds is 3. The molecule has 0 radical (unpaired) electrons. The van der Waals surface area contributed by atoms with Crippen LogP contribution in [-0.4, -0.2) is 6.98 Å². The van der Waals surface area contributed by atoms with Gasteiger partial charge in [0.2, 0.25) is 0 Å². The molecule has 1 unspecified atom stereocenters. The lowest BCUT2D eigenvalue weighted by Gasteiger charge is -2.16. The largest absolute Gasteiger partial charge is 0.509 e. The summed E-state index contributed by atoms with van der Waals surface area (Å²) in [7, 11) is 0. The molecule has 14 heavy (non-hydrogen) atoms. The van der Waals surface area contributed by atoms with Crippen LogP contribution in [0.1, 0.15) is 31.7 Å². The van der Waals surface area contributed by atoms with Gasteiger partial charge in [0.15, 0.2) is 0 Å². The van der Waals surface area contributed by atoms with E-state index in [0.717, 1.165) is 12.0 Å². The van der Waals surface area contributed by atoms with Crippen molar-refractivity contribution in [2.24, 2.45) is 0 Å². The Morgan fingerprint density at radius 1 is 1.14 bits per heavy atom. The molecule has 0 saturated heterocycles. The van der Waals surface area contributed by atoms with Crippen molar-refractivity contribution in [2.45, 2.75) is 26.2 Å². The van der Waals surface area contributed by atoms with Crippen LogP contribution in [0.4, 0.5) is 12.9 Å². The molecule has 0 aliphatic heterocycles. The normalized spacial score (nSPS) is 14.1. The Morgan fingerprint density at radius 2 is 1.64 bits per heavy atom. The molecule has 0 heterocycles. The van der Waals surface area contributed by atoms with Crippen LogP contribution >= 0.6 is 0 Å². The van der Waals surface area contributed by atoms with Crippen LogP contribution in [0, 0.1) is 0 Å². The topological polar surface area (TPSA) is 0 Å². The van der Waals surface area contributed by atoms with Crippen LogP contribution in [-0.2, 0) is 0 Å².